The highest BCUT2D eigenvalue weighted by atomic mass is 19.1. The fourth-order valence-corrected chi connectivity index (χ4v) is 4.39. The third kappa shape index (κ3) is 7.92. The van der Waals surface area contributed by atoms with E-state index in [0.29, 0.717) is 23.2 Å². The molecule has 204 valence electrons. The standard InChI is InChI=1S/C28H34FN5O2.C2H6/c1-20(16-21-4-3-11-31-18-21)27(35)32-24-8-5-23(26(29)17-24)19-33(2)28(36)22-6-9-25(10-7-22)34-14-12-30-13-15-34;1-2/h3-10,17-18,20,30-31H,11-16,19H2,1-2H3,(H,32,35);1-2H3. The number of nitrogens with one attached hydrogen (secondary N) is 3. The van der Waals surface area contributed by atoms with Gasteiger partial charge in [0, 0.05) is 74.7 Å². The third-order valence-electron chi connectivity index (χ3n) is 6.52. The number of halogens is 1. The van der Waals surface area contributed by atoms with Crippen LogP contribution in [0.1, 0.15) is 43.1 Å². The Kier molecular flexibility index (Phi) is 10.9. The zero-order valence-corrected chi connectivity index (χ0v) is 22.9. The lowest BCUT2D eigenvalue weighted by Crippen LogP contribution is -2.43. The lowest BCUT2D eigenvalue weighted by atomic mass is 9.99. The number of carbonyl (C=O) groups is 2. The number of rotatable bonds is 8. The summed E-state index contributed by atoms with van der Waals surface area (Å²) in [5.41, 5.74) is 3.50. The molecule has 0 spiro atoms. The van der Waals surface area contributed by atoms with E-state index in [0.717, 1.165) is 44.0 Å². The highest BCUT2D eigenvalue weighted by Gasteiger charge is 2.18. The fourth-order valence-electron chi connectivity index (χ4n) is 4.39. The summed E-state index contributed by atoms with van der Waals surface area (Å²) in [5, 5.41) is 9.25. The Morgan fingerprint density at radius 1 is 1.11 bits per heavy atom. The molecule has 1 atom stereocenters. The molecular weight excluding hydrogens is 481 g/mol. The number of allylic oxidation sites excluding steroid dienone is 2. The van der Waals surface area contributed by atoms with Crippen LogP contribution in [0.15, 0.2) is 66.4 Å². The first-order valence-corrected chi connectivity index (χ1v) is 13.4. The SMILES string of the molecule is CC.CC(CC1=CNCC=C1)C(=O)Nc1ccc(CN(C)C(=O)c2ccc(N3CCNCC3)cc2)c(F)c1. The predicted molar refractivity (Wildman–Crippen MR) is 153 cm³/mol. The molecule has 0 saturated carbocycles. The van der Waals surface area contributed by atoms with Gasteiger partial charge in [0.2, 0.25) is 5.91 Å². The van der Waals surface area contributed by atoms with E-state index in [1.54, 1.807) is 19.2 Å². The van der Waals surface area contributed by atoms with Gasteiger partial charge in [-0.3, -0.25) is 9.59 Å². The van der Waals surface area contributed by atoms with Crippen molar-refractivity contribution in [1.29, 1.82) is 0 Å². The van der Waals surface area contributed by atoms with E-state index < -0.39 is 5.82 Å². The highest BCUT2D eigenvalue weighted by molar-refractivity contribution is 5.94. The molecule has 2 aromatic rings. The first-order chi connectivity index (χ1) is 18.4. The lowest BCUT2D eigenvalue weighted by Gasteiger charge is -2.29. The second-order valence-corrected chi connectivity index (χ2v) is 9.38. The van der Waals surface area contributed by atoms with Crippen LogP contribution in [0.25, 0.3) is 0 Å². The van der Waals surface area contributed by atoms with Crippen molar-refractivity contribution in [3.8, 4) is 0 Å². The van der Waals surface area contributed by atoms with Crippen LogP contribution in [0.2, 0.25) is 0 Å². The van der Waals surface area contributed by atoms with Crippen LogP contribution >= 0.6 is 0 Å². The summed E-state index contributed by atoms with van der Waals surface area (Å²) < 4.78 is 14.8. The van der Waals surface area contributed by atoms with Gasteiger partial charge in [-0.25, -0.2) is 4.39 Å². The Balaban J connectivity index is 0.00000195. The molecule has 1 saturated heterocycles. The molecule has 1 unspecified atom stereocenters. The minimum absolute atomic E-state index is 0.127. The molecule has 0 aliphatic carbocycles. The van der Waals surface area contributed by atoms with Crippen LogP contribution in [0, 0.1) is 11.7 Å². The summed E-state index contributed by atoms with van der Waals surface area (Å²) in [4.78, 5) is 29.3. The first-order valence-electron chi connectivity index (χ1n) is 13.4. The van der Waals surface area contributed by atoms with Crippen LogP contribution in [-0.4, -0.2) is 56.5 Å². The molecule has 8 heteroatoms. The maximum atomic E-state index is 14.8. The number of amides is 2. The Bertz CT molecular complexity index is 1140. The van der Waals surface area contributed by atoms with Crippen molar-refractivity contribution in [2.24, 2.45) is 5.92 Å². The average Bonchev–Trinajstić information content (AvgIpc) is 2.96. The number of carbonyl (C=O) groups excluding carboxylic acids is 2. The smallest absolute Gasteiger partial charge is 0.253 e. The van der Waals surface area contributed by atoms with Gasteiger partial charge in [0.15, 0.2) is 0 Å². The number of hydrogen-bond donors (Lipinski definition) is 3. The van der Waals surface area contributed by atoms with E-state index in [9.17, 15) is 14.0 Å². The minimum Gasteiger partial charge on any atom is -0.387 e. The van der Waals surface area contributed by atoms with Crippen molar-refractivity contribution in [3.05, 3.63) is 83.3 Å². The lowest BCUT2D eigenvalue weighted by molar-refractivity contribution is -0.119. The van der Waals surface area contributed by atoms with Crippen molar-refractivity contribution < 1.29 is 14.0 Å². The van der Waals surface area contributed by atoms with Gasteiger partial charge in [-0.2, -0.15) is 0 Å². The second kappa shape index (κ2) is 14.3. The Labute approximate surface area is 225 Å². The summed E-state index contributed by atoms with van der Waals surface area (Å²) in [6.07, 6.45) is 6.53. The van der Waals surface area contributed by atoms with Crippen molar-refractivity contribution in [3.63, 3.8) is 0 Å². The normalized spacial score (nSPS) is 15.4. The molecular formula is C30H40FN5O2. The summed E-state index contributed by atoms with van der Waals surface area (Å²) in [5.74, 6) is -1.06. The summed E-state index contributed by atoms with van der Waals surface area (Å²) in [6, 6.07) is 12.2. The Hall–Kier alpha value is -3.65. The monoisotopic (exact) mass is 521 g/mol. The number of benzene rings is 2. The topological polar surface area (TPSA) is 76.7 Å². The molecule has 38 heavy (non-hydrogen) atoms. The molecule has 2 heterocycles. The number of hydrogen-bond acceptors (Lipinski definition) is 5. The van der Waals surface area contributed by atoms with E-state index in [2.05, 4.69) is 20.9 Å². The third-order valence-corrected chi connectivity index (χ3v) is 6.52. The van der Waals surface area contributed by atoms with E-state index >= 15 is 0 Å². The van der Waals surface area contributed by atoms with Gasteiger partial charge >= 0.3 is 0 Å². The van der Waals surface area contributed by atoms with Crippen molar-refractivity contribution in [1.82, 2.24) is 15.5 Å². The molecule has 0 radical (unpaired) electrons. The van der Waals surface area contributed by atoms with Crippen LogP contribution in [0.3, 0.4) is 0 Å². The van der Waals surface area contributed by atoms with E-state index in [4.69, 9.17) is 0 Å². The van der Waals surface area contributed by atoms with Gasteiger partial charge in [0.05, 0.1) is 0 Å². The van der Waals surface area contributed by atoms with E-state index in [-0.39, 0.29) is 24.3 Å². The number of dihydropyridines is 1. The Morgan fingerprint density at radius 3 is 2.45 bits per heavy atom. The summed E-state index contributed by atoms with van der Waals surface area (Å²) in [6.45, 7) is 10.5. The molecule has 2 aliphatic rings. The highest BCUT2D eigenvalue weighted by Crippen LogP contribution is 2.21. The van der Waals surface area contributed by atoms with E-state index in [1.165, 1.54) is 11.0 Å². The second-order valence-electron chi connectivity index (χ2n) is 9.38. The van der Waals surface area contributed by atoms with Crippen LogP contribution < -0.4 is 20.9 Å². The number of piperazine rings is 1. The van der Waals surface area contributed by atoms with Crippen LogP contribution in [0.4, 0.5) is 15.8 Å². The minimum atomic E-state index is -0.462. The maximum Gasteiger partial charge on any atom is 0.253 e. The van der Waals surface area contributed by atoms with Crippen molar-refractivity contribution in [2.75, 3.05) is 50.0 Å². The van der Waals surface area contributed by atoms with Gasteiger partial charge in [0.1, 0.15) is 5.82 Å². The van der Waals surface area contributed by atoms with Gasteiger partial charge in [0.25, 0.3) is 5.91 Å². The molecule has 3 N–H and O–H groups in total. The van der Waals surface area contributed by atoms with Gasteiger partial charge < -0.3 is 25.8 Å². The molecule has 2 aliphatic heterocycles. The average molecular weight is 522 g/mol. The molecule has 2 aromatic carbocycles. The molecule has 2 amide bonds. The van der Waals surface area contributed by atoms with Gasteiger partial charge in [-0.05, 0) is 54.6 Å². The summed E-state index contributed by atoms with van der Waals surface area (Å²) in [7, 11) is 1.66. The fraction of sp³-hybridized carbons (Fsp3) is 0.400. The van der Waals surface area contributed by atoms with Gasteiger partial charge in [-0.15, -0.1) is 0 Å². The van der Waals surface area contributed by atoms with E-state index in [1.807, 2.05) is 63.4 Å². The number of anilines is 2. The van der Waals surface area contributed by atoms with Crippen LogP contribution in [-0.2, 0) is 11.3 Å². The van der Waals surface area contributed by atoms with Crippen molar-refractivity contribution >= 4 is 23.2 Å². The van der Waals surface area contributed by atoms with Crippen molar-refractivity contribution in [2.45, 2.75) is 33.7 Å². The molecule has 1 fully saturated rings. The first kappa shape index (κ1) is 28.9. The largest absolute Gasteiger partial charge is 0.387 e. The number of nitrogens with zero attached hydrogens (tertiary/aromatic N) is 2. The van der Waals surface area contributed by atoms with Gasteiger partial charge in [-0.1, -0.05) is 39.0 Å². The predicted octanol–water partition coefficient (Wildman–Crippen LogP) is 4.54. The molecule has 4 rings (SSSR count). The zero-order valence-electron chi connectivity index (χ0n) is 22.9. The summed E-state index contributed by atoms with van der Waals surface area (Å²) >= 11 is 0. The molecule has 0 bridgehead atoms. The maximum absolute atomic E-state index is 14.8. The quantitative estimate of drug-likeness (QED) is 0.476. The zero-order chi connectivity index (χ0) is 27.5. The Morgan fingerprint density at radius 2 is 1.82 bits per heavy atom. The molecule has 0 aromatic heterocycles. The van der Waals surface area contributed by atoms with Crippen LogP contribution in [0.5, 0.6) is 0 Å². The molecule has 7 nitrogen and oxygen atoms in total.